The fourth-order valence-corrected chi connectivity index (χ4v) is 3.99. The van der Waals surface area contributed by atoms with Crippen molar-refractivity contribution in [2.75, 3.05) is 7.11 Å². The maximum absolute atomic E-state index is 12.6. The molecule has 0 spiro atoms. The monoisotopic (exact) mass is 329 g/mol. The van der Waals surface area contributed by atoms with E-state index in [0.717, 1.165) is 28.0 Å². The van der Waals surface area contributed by atoms with E-state index in [2.05, 4.69) is 4.72 Å². The van der Waals surface area contributed by atoms with Gasteiger partial charge >= 0.3 is 0 Å². The summed E-state index contributed by atoms with van der Waals surface area (Å²) in [6, 6.07) is 12.2. The lowest BCUT2D eigenvalue weighted by Gasteiger charge is -2.17. The van der Waals surface area contributed by atoms with Gasteiger partial charge in [-0.15, -0.1) is 0 Å². The van der Waals surface area contributed by atoms with Gasteiger partial charge in [0.05, 0.1) is 18.0 Å². The minimum absolute atomic E-state index is 0.276. The van der Waals surface area contributed by atoms with E-state index in [1.165, 1.54) is 0 Å². The predicted octanol–water partition coefficient (Wildman–Crippen LogP) is 3.44. The van der Waals surface area contributed by atoms with Gasteiger partial charge in [0, 0.05) is 0 Å². The molecule has 120 valence electrons. The van der Waals surface area contributed by atoms with Crippen molar-refractivity contribution in [3.63, 3.8) is 0 Å². The number of methoxy groups -OCH3 is 1. The number of benzene rings is 2. The number of hydrogen-bond donors (Lipinski definition) is 1. The Bertz CT molecular complexity index is 868. The van der Waals surface area contributed by atoms with Crippen LogP contribution in [0.1, 0.15) is 29.7 Å². The average Bonchev–Trinajstić information content (AvgIpc) is 2.82. The Morgan fingerprint density at radius 1 is 1.04 bits per heavy atom. The van der Waals surface area contributed by atoms with Gasteiger partial charge in [-0.1, -0.05) is 35.4 Å². The molecule has 1 aliphatic carbocycles. The second-order valence-electron chi connectivity index (χ2n) is 5.75. The van der Waals surface area contributed by atoms with Crippen molar-refractivity contribution in [1.29, 1.82) is 0 Å². The number of aryl methyl sites for hydroxylation is 1. The van der Waals surface area contributed by atoms with Crippen molar-refractivity contribution in [3.05, 3.63) is 64.7 Å². The SMILES string of the molecule is COc1ccc2c(c1)C=C(C)[C@@H]2NS(=O)(=O)c1ccc(C)cc1. The zero-order valence-corrected chi connectivity index (χ0v) is 14.1. The zero-order valence-electron chi connectivity index (χ0n) is 13.3. The van der Waals surface area contributed by atoms with Crippen LogP contribution >= 0.6 is 0 Å². The van der Waals surface area contributed by atoms with E-state index < -0.39 is 10.0 Å². The van der Waals surface area contributed by atoms with Gasteiger partial charge in [0.25, 0.3) is 0 Å². The predicted molar refractivity (Wildman–Crippen MR) is 90.9 cm³/mol. The van der Waals surface area contributed by atoms with Crippen LogP contribution in [0.25, 0.3) is 6.08 Å². The van der Waals surface area contributed by atoms with Crippen molar-refractivity contribution in [2.45, 2.75) is 24.8 Å². The molecule has 0 bridgehead atoms. The number of hydrogen-bond acceptors (Lipinski definition) is 3. The lowest BCUT2D eigenvalue weighted by molar-refractivity contribution is 0.414. The van der Waals surface area contributed by atoms with Gasteiger partial charge in [0.15, 0.2) is 0 Å². The molecule has 0 saturated carbocycles. The number of fused-ring (bicyclic) bond motifs is 1. The van der Waals surface area contributed by atoms with Crippen LogP contribution in [0.2, 0.25) is 0 Å². The molecular weight excluding hydrogens is 310 g/mol. The van der Waals surface area contributed by atoms with Gasteiger partial charge in [0.2, 0.25) is 10.0 Å². The largest absolute Gasteiger partial charge is 0.497 e. The first-order valence-electron chi connectivity index (χ1n) is 7.36. The first-order valence-corrected chi connectivity index (χ1v) is 8.84. The Labute approximate surface area is 136 Å². The molecule has 0 heterocycles. The van der Waals surface area contributed by atoms with Crippen LogP contribution in [-0.4, -0.2) is 15.5 Å². The summed E-state index contributed by atoms with van der Waals surface area (Å²) >= 11 is 0. The highest BCUT2D eigenvalue weighted by molar-refractivity contribution is 7.89. The van der Waals surface area contributed by atoms with Gasteiger partial charge in [-0.05, 0) is 49.2 Å². The molecule has 2 aromatic rings. The Hall–Kier alpha value is -2.11. The number of nitrogens with one attached hydrogen (secondary N) is 1. The summed E-state index contributed by atoms with van der Waals surface area (Å²) in [6.45, 7) is 3.85. The third kappa shape index (κ3) is 3.02. The van der Waals surface area contributed by atoms with Crippen LogP contribution in [0.3, 0.4) is 0 Å². The topological polar surface area (TPSA) is 55.4 Å². The van der Waals surface area contributed by atoms with Gasteiger partial charge in [0.1, 0.15) is 5.75 Å². The highest BCUT2D eigenvalue weighted by atomic mass is 32.2. The van der Waals surface area contributed by atoms with Crippen molar-refractivity contribution >= 4 is 16.1 Å². The minimum Gasteiger partial charge on any atom is -0.497 e. The summed E-state index contributed by atoms with van der Waals surface area (Å²) in [6.07, 6.45) is 1.99. The van der Waals surface area contributed by atoms with Crippen LogP contribution < -0.4 is 9.46 Å². The molecule has 4 nitrogen and oxygen atoms in total. The second-order valence-corrected chi connectivity index (χ2v) is 7.46. The van der Waals surface area contributed by atoms with Crippen LogP contribution in [0.5, 0.6) is 5.75 Å². The smallest absolute Gasteiger partial charge is 0.241 e. The maximum Gasteiger partial charge on any atom is 0.241 e. The third-order valence-corrected chi connectivity index (χ3v) is 5.49. The van der Waals surface area contributed by atoms with Crippen molar-refractivity contribution in [1.82, 2.24) is 4.72 Å². The standard InChI is InChI=1S/C18H19NO3S/c1-12-4-7-16(8-5-12)23(20,21)19-18-13(2)10-14-11-15(22-3)6-9-17(14)18/h4-11,18-19H,1-3H3/t18-/m0/s1. The Balaban J connectivity index is 1.92. The third-order valence-electron chi connectivity index (χ3n) is 4.05. The molecule has 0 saturated heterocycles. The molecule has 0 unspecified atom stereocenters. The molecule has 23 heavy (non-hydrogen) atoms. The zero-order chi connectivity index (χ0) is 16.6. The molecule has 2 aromatic carbocycles. The van der Waals surface area contributed by atoms with Gasteiger partial charge in [-0.3, -0.25) is 0 Å². The molecule has 5 heteroatoms. The average molecular weight is 329 g/mol. The first-order chi connectivity index (χ1) is 10.9. The number of sulfonamides is 1. The van der Waals surface area contributed by atoms with E-state index in [4.69, 9.17) is 4.74 Å². The Morgan fingerprint density at radius 3 is 2.39 bits per heavy atom. The lowest BCUT2D eigenvalue weighted by atomic mass is 10.1. The molecule has 1 atom stereocenters. The molecule has 1 N–H and O–H groups in total. The van der Waals surface area contributed by atoms with E-state index in [1.54, 1.807) is 31.4 Å². The van der Waals surface area contributed by atoms with Crippen LogP contribution in [0, 0.1) is 6.92 Å². The fourth-order valence-electron chi connectivity index (χ4n) is 2.74. The van der Waals surface area contributed by atoms with Crippen LogP contribution in [-0.2, 0) is 10.0 Å². The van der Waals surface area contributed by atoms with Crippen molar-refractivity contribution in [3.8, 4) is 5.75 Å². The molecule has 0 aliphatic heterocycles. The molecule has 1 aliphatic rings. The summed E-state index contributed by atoms with van der Waals surface area (Å²) < 4.78 is 33.3. The summed E-state index contributed by atoms with van der Waals surface area (Å²) in [4.78, 5) is 0.276. The highest BCUT2D eigenvalue weighted by Crippen LogP contribution is 2.36. The molecule has 0 fully saturated rings. The van der Waals surface area contributed by atoms with Gasteiger partial charge in [-0.2, -0.15) is 4.72 Å². The van der Waals surface area contributed by atoms with Gasteiger partial charge < -0.3 is 4.74 Å². The maximum atomic E-state index is 12.6. The fraction of sp³-hybridized carbons (Fsp3) is 0.222. The molecule has 0 amide bonds. The van der Waals surface area contributed by atoms with E-state index in [9.17, 15) is 8.42 Å². The highest BCUT2D eigenvalue weighted by Gasteiger charge is 2.28. The van der Waals surface area contributed by atoms with Crippen molar-refractivity contribution in [2.24, 2.45) is 0 Å². The normalized spacial score (nSPS) is 16.8. The van der Waals surface area contributed by atoms with E-state index >= 15 is 0 Å². The summed E-state index contributed by atoms with van der Waals surface area (Å²) in [7, 11) is -1.96. The molecule has 0 radical (unpaired) electrons. The molecule has 3 rings (SSSR count). The van der Waals surface area contributed by atoms with E-state index in [-0.39, 0.29) is 10.9 Å². The quantitative estimate of drug-likeness (QED) is 0.935. The molecular formula is C18H19NO3S. The lowest BCUT2D eigenvalue weighted by Crippen LogP contribution is -2.28. The second kappa shape index (κ2) is 5.83. The summed E-state index contributed by atoms with van der Waals surface area (Å²) in [5.74, 6) is 0.759. The number of ether oxygens (including phenoxy) is 1. The van der Waals surface area contributed by atoms with E-state index in [1.807, 2.05) is 38.1 Å². The molecule has 0 aromatic heterocycles. The minimum atomic E-state index is -3.57. The van der Waals surface area contributed by atoms with E-state index in [0.29, 0.717) is 0 Å². The summed E-state index contributed by atoms with van der Waals surface area (Å²) in [5, 5.41) is 0. The van der Waals surface area contributed by atoms with Gasteiger partial charge in [-0.25, -0.2) is 8.42 Å². The Morgan fingerprint density at radius 2 is 1.74 bits per heavy atom. The van der Waals surface area contributed by atoms with Crippen LogP contribution in [0.4, 0.5) is 0 Å². The number of rotatable bonds is 4. The first kappa shape index (κ1) is 15.8. The van der Waals surface area contributed by atoms with Crippen molar-refractivity contribution < 1.29 is 13.2 Å². The van der Waals surface area contributed by atoms with Crippen LogP contribution in [0.15, 0.2) is 52.9 Å². The summed E-state index contributed by atoms with van der Waals surface area (Å²) in [5.41, 5.74) is 3.92. The Kier molecular flexibility index (Phi) is 4.00.